The highest BCUT2D eigenvalue weighted by molar-refractivity contribution is 6.40. The lowest BCUT2D eigenvalue weighted by molar-refractivity contribution is -0.384. The minimum Gasteiger partial charge on any atom is -0.487 e. The van der Waals surface area contributed by atoms with Gasteiger partial charge >= 0.3 is 6.03 Å². The van der Waals surface area contributed by atoms with Crippen LogP contribution in [0.2, 0.25) is 10.0 Å². The van der Waals surface area contributed by atoms with Gasteiger partial charge in [-0.25, -0.2) is 9.69 Å². The number of benzene rings is 3. The number of nitrogens with one attached hydrogen (secondary N) is 1. The highest BCUT2D eigenvalue weighted by atomic mass is 35.5. The van der Waals surface area contributed by atoms with Crippen molar-refractivity contribution in [1.29, 1.82) is 0 Å². The minimum atomic E-state index is -0.879. The number of amides is 4. The van der Waals surface area contributed by atoms with E-state index in [4.69, 9.17) is 27.9 Å². The maximum atomic E-state index is 13.1. The molecule has 0 aromatic heterocycles. The summed E-state index contributed by atoms with van der Waals surface area (Å²) >= 11 is 12.5. The fourth-order valence-corrected chi connectivity index (χ4v) is 3.94. The Morgan fingerprint density at radius 3 is 2.50 bits per heavy atom. The molecule has 0 saturated carbocycles. The van der Waals surface area contributed by atoms with Crippen molar-refractivity contribution in [2.45, 2.75) is 13.5 Å². The van der Waals surface area contributed by atoms with Gasteiger partial charge < -0.3 is 4.74 Å². The summed E-state index contributed by atoms with van der Waals surface area (Å²) in [4.78, 5) is 49.3. The molecule has 11 heteroatoms. The largest absolute Gasteiger partial charge is 0.487 e. The van der Waals surface area contributed by atoms with E-state index in [0.29, 0.717) is 27.5 Å². The number of non-ortho nitro benzene ring substituents is 1. The average Bonchev–Trinajstić information content (AvgIpc) is 2.84. The number of nitro benzene ring substituents is 1. The maximum Gasteiger partial charge on any atom is 0.335 e. The lowest BCUT2D eigenvalue weighted by atomic mass is 10.1. The number of barbiturate groups is 1. The molecule has 0 unspecified atom stereocenters. The van der Waals surface area contributed by atoms with Gasteiger partial charge in [0.2, 0.25) is 0 Å². The van der Waals surface area contributed by atoms with E-state index in [0.717, 1.165) is 4.90 Å². The Morgan fingerprint density at radius 2 is 1.78 bits per heavy atom. The molecule has 0 atom stereocenters. The predicted octanol–water partition coefficient (Wildman–Crippen LogP) is 5.46. The summed E-state index contributed by atoms with van der Waals surface area (Å²) in [5.74, 6) is -1.35. The van der Waals surface area contributed by atoms with Gasteiger partial charge in [0.25, 0.3) is 17.5 Å². The number of anilines is 1. The zero-order valence-electron chi connectivity index (χ0n) is 18.7. The molecule has 0 bridgehead atoms. The van der Waals surface area contributed by atoms with E-state index in [1.165, 1.54) is 24.3 Å². The summed E-state index contributed by atoms with van der Waals surface area (Å²) in [5.41, 5.74) is 1.43. The Kier molecular flexibility index (Phi) is 7.05. The van der Waals surface area contributed by atoms with Gasteiger partial charge in [-0.3, -0.25) is 25.0 Å². The summed E-state index contributed by atoms with van der Waals surface area (Å²) in [5, 5.41) is 13.7. The van der Waals surface area contributed by atoms with Crippen molar-refractivity contribution in [3.05, 3.63) is 103 Å². The number of nitro groups is 1. The third-order valence-corrected chi connectivity index (χ3v) is 6.07. The fraction of sp³-hybridized carbons (Fsp3) is 0.0800. The van der Waals surface area contributed by atoms with Gasteiger partial charge in [-0.2, -0.15) is 0 Å². The number of nitrogens with zero attached hydrogens (tertiary/aromatic N) is 2. The Labute approximate surface area is 215 Å². The van der Waals surface area contributed by atoms with Crippen LogP contribution in [0.5, 0.6) is 5.75 Å². The van der Waals surface area contributed by atoms with Crippen LogP contribution >= 0.6 is 23.2 Å². The number of carbonyl (C=O) groups excluding carboxylic acids is 3. The van der Waals surface area contributed by atoms with Crippen molar-refractivity contribution in [1.82, 2.24) is 5.32 Å². The van der Waals surface area contributed by atoms with Gasteiger partial charge in [-0.05, 0) is 54.0 Å². The van der Waals surface area contributed by atoms with Crippen molar-refractivity contribution in [2.24, 2.45) is 0 Å². The first-order valence-electron chi connectivity index (χ1n) is 10.5. The average molecular weight is 526 g/mol. The quantitative estimate of drug-likeness (QED) is 0.197. The number of halogens is 2. The highest BCUT2D eigenvalue weighted by Gasteiger charge is 2.37. The molecule has 182 valence electrons. The standard InChI is InChI=1S/C25H17Cl2N3O6/c1-14-19(26)6-3-7-21(14)29-24(32)18(23(31)28-25(29)33)11-15-8-9-22(20(27)12-15)36-13-16-4-2-5-17(10-16)30(34)35/h2-12H,13H2,1H3,(H,28,31,33)/b18-11+. The molecule has 3 aromatic rings. The van der Waals surface area contributed by atoms with Crippen LogP contribution in [-0.4, -0.2) is 22.8 Å². The van der Waals surface area contributed by atoms with E-state index in [-0.39, 0.29) is 28.6 Å². The third-order valence-electron chi connectivity index (χ3n) is 5.36. The van der Waals surface area contributed by atoms with Crippen molar-refractivity contribution >= 4 is 58.5 Å². The number of imide groups is 2. The number of hydrogen-bond acceptors (Lipinski definition) is 6. The van der Waals surface area contributed by atoms with Gasteiger partial charge in [-0.1, -0.05) is 47.5 Å². The van der Waals surface area contributed by atoms with E-state index < -0.39 is 22.8 Å². The number of carbonyl (C=O) groups is 3. The summed E-state index contributed by atoms with van der Waals surface area (Å²) in [7, 11) is 0. The van der Waals surface area contributed by atoms with Crippen molar-refractivity contribution in [2.75, 3.05) is 4.90 Å². The molecule has 1 fully saturated rings. The number of urea groups is 1. The van der Waals surface area contributed by atoms with Crippen molar-refractivity contribution in [3.8, 4) is 5.75 Å². The molecule has 4 rings (SSSR count). The SMILES string of the molecule is Cc1c(Cl)cccc1N1C(=O)NC(=O)/C(=C\c2ccc(OCc3cccc([N+](=O)[O-])c3)c(Cl)c2)C1=O. The lowest BCUT2D eigenvalue weighted by Gasteiger charge is -2.27. The predicted molar refractivity (Wildman–Crippen MR) is 134 cm³/mol. The molecule has 4 amide bonds. The second-order valence-corrected chi connectivity index (χ2v) is 8.56. The molecule has 9 nitrogen and oxygen atoms in total. The normalized spacial score (nSPS) is 14.7. The van der Waals surface area contributed by atoms with Crippen LogP contribution in [0.1, 0.15) is 16.7 Å². The summed E-state index contributed by atoms with van der Waals surface area (Å²) in [6.45, 7) is 1.70. The van der Waals surface area contributed by atoms with E-state index in [1.54, 1.807) is 49.4 Å². The van der Waals surface area contributed by atoms with Crippen LogP contribution in [0.15, 0.2) is 66.2 Å². The molecule has 1 saturated heterocycles. The van der Waals surface area contributed by atoms with Crippen LogP contribution in [0.3, 0.4) is 0 Å². The van der Waals surface area contributed by atoms with Crippen molar-refractivity contribution < 1.29 is 24.0 Å². The molecule has 0 aliphatic carbocycles. The molecule has 0 spiro atoms. The topological polar surface area (TPSA) is 119 Å². The third kappa shape index (κ3) is 5.07. The Bertz CT molecular complexity index is 1450. The van der Waals surface area contributed by atoms with Crippen LogP contribution in [-0.2, 0) is 16.2 Å². The maximum absolute atomic E-state index is 13.1. The number of rotatable bonds is 6. The summed E-state index contributed by atoms with van der Waals surface area (Å²) in [6, 6.07) is 14.5. The van der Waals surface area contributed by atoms with Crippen molar-refractivity contribution in [3.63, 3.8) is 0 Å². The van der Waals surface area contributed by atoms with E-state index in [1.807, 2.05) is 0 Å². The zero-order chi connectivity index (χ0) is 26.0. The molecule has 1 aliphatic rings. The Balaban J connectivity index is 1.57. The first-order valence-corrected chi connectivity index (χ1v) is 11.2. The summed E-state index contributed by atoms with van der Waals surface area (Å²) in [6.07, 6.45) is 1.31. The smallest absolute Gasteiger partial charge is 0.335 e. The molecular weight excluding hydrogens is 509 g/mol. The zero-order valence-corrected chi connectivity index (χ0v) is 20.2. The van der Waals surface area contributed by atoms with Crippen LogP contribution in [0.25, 0.3) is 6.08 Å². The van der Waals surface area contributed by atoms with Crippen LogP contribution in [0, 0.1) is 17.0 Å². The first-order chi connectivity index (χ1) is 17.2. The minimum absolute atomic E-state index is 0.0405. The first kappa shape index (κ1) is 24.9. The van der Waals surface area contributed by atoms with E-state index in [9.17, 15) is 24.5 Å². The molecule has 36 heavy (non-hydrogen) atoms. The fourth-order valence-electron chi connectivity index (χ4n) is 3.53. The molecule has 1 aliphatic heterocycles. The lowest BCUT2D eigenvalue weighted by Crippen LogP contribution is -2.54. The van der Waals surface area contributed by atoms with E-state index >= 15 is 0 Å². The molecular formula is C25H17Cl2N3O6. The number of ether oxygens (including phenoxy) is 1. The second-order valence-electron chi connectivity index (χ2n) is 7.75. The molecule has 3 aromatic carbocycles. The highest BCUT2D eigenvalue weighted by Crippen LogP contribution is 2.31. The van der Waals surface area contributed by atoms with Gasteiger partial charge in [0.05, 0.1) is 15.6 Å². The monoisotopic (exact) mass is 525 g/mol. The second kappa shape index (κ2) is 10.2. The Hall–Kier alpha value is -4.21. The van der Waals surface area contributed by atoms with Crippen LogP contribution in [0.4, 0.5) is 16.2 Å². The Morgan fingerprint density at radius 1 is 1.03 bits per heavy atom. The van der Waals surface area contributed by atoms with Gasteiger partial charge in [-0.15, -0.1) is 0 Å². The molecule has 0 radical (unpaired) electrons. The number of hydrogen-bond donors (Lipinski definition) is 1. The molecule has 1 heterocycles. The van der Waals surface area contributed by atoms with Gasteiger partial charge in [0.1, 0.15) is 17.9 Å². The van der Waals surface area contributed by atoms with Gasteiger partial charge in [0, 0.05) is 17.2 Å². The van der Waals surface area contributed by atoms with E-state index in [2.05, 4.69) is 5.32 Å². The van der Waals surface area contributed by atoms with Gasteiger partial charge in [0.15, 0.2) is 0 Å². The molecule has 1 N–H and O–H groups in total. The van der Waals surface area contributed by atoms with Crippen LogP contribution < -0.4 is 15.0 Å². The summed E-state index contributed by atoms with van der Waals surface area (Å²) < 4.78 is 5.67.